The molecule has 1 aliphatic heterocycles. The number of rotatable bonds is 3. The van der Waals surface area contributed by atoms with Crippen molar-refractivity contribution in [1.29, 1.82) is 0 Å². The number of benzene rings is 1. The molecule has 1 aliphatic rings. The van der Waals surface area contributed by atoms with Crippen LogP contribution < -0.4 is 4.90 Å². The molecule has 126 valence electrons. The van der Waals surface area contributed by atoms with Crippen LogP contribution in [0.25, 0.3) is 11.6 Å². The molecule has 1 fully saturated rings. The first-order chi connectivity index (χ1) is 12.1. The zero-order chi connectivity index (χ0) is 17.4. The van der Waals surface area contributed by atoms with Crippen LogP contribution in [0.4, 0.5) is 5.69 Å². The van der Waals surface area contributed by atoms with Crippen LogP contribution in [0.2, 0.25) is 5.02 Å². The van der Waals surface area contributed by atoms with Crippen molar-refractivity contribution in [2.75, 3.05) is 11.4 Å². The Hall–Kier alpha value is -2.73. The minimum atomic E-state index is -0.135. The minimum Gasteiger partial charge on any atom is -0.332 e. The van der Waals surface area contributed by atoms with E-state index >= 15 is 0 Å². The van der Waals surface area contributed by atoms with Gasteiger partial charge < -0.3 is 9.42 Å². The van der Waals surface area contributed by atoms with Crippen molar-refractivity contribution in [3.63, 3.8) is 0 Å². The monoisotopic (exact) mass is 354 g/mol. The van der Waals surface area contributed by atoms with Crippen molar-refractivity contribution in [1.82, 2.24) is 15.1 Å². The molecule has 0 spiro atoms. The maximum absolute atomic E-state index is 12.5. The molecule has 4 rings (SSSR count). The molecular formula is C18H15ClN4O2. The molecule has 25 heavy (non-hydrogen) atoms. The highest BCUT2D eigenvalue weighted by atomic mass is 35.5. The second-order valence-electron chi connectivity index (χ2n) is 5.98. The number of hydrogen-bond donors (Lipinski definition) is 0. The van der Waals surface area contributed by atoms with Crippen LogP contribution in [0, 0.1) is 6.92 Å². The fraction of sp³-hybridized carbons (Fsp3) is 0.222. The zero-order valence-electron chi connectivity index (χ0n) is 13.5. The van der Waals surface area contributed by atoms with Crippen LogP contribution in [0.5, 0.6) is 0 Å². The van der Waals surface area contributed by atoms with Gasteiger partial charge in [0.15, 0.2) is 5.82 Å². The lowest BCUT2D eigenvalue weighted by Gasteiger charge is -2.20. The molecule has 2 aromatic heterocycles. The summed E-state index contributed by atoms with van der Waals surface area (Å²) < 4.78 is 5.31. The minimum absolute atomic E-state index is 0.00499. The number of anilines is 1. The highest BCUT2D eigenvalue weighted by Gasteiger charge is 2.36. The van der Waals surface area contributed by atoms with Crippen molar-refractivity contribution in [2.24, 2.45) is 0 Å². The Bertz CT molecular complexity index is 906. The smallest absolute Gasteiger partial charge is 0.276 e. The molecule has 0 aliphatic carbocycles. The third-order valence-corrected chi connectivity index (χ3v) is 4.58. The van der Waals surface area contributed by atoms with Crippen molar-refractivity contribution < 1.29 is 9.32 Å². The van der Waals surface area contributed by atoms with Gasteiger partial charge >= 0.3 is 0 Å². The predicted octanol–water partition coefficient (Wildman–Crippen LogP) is 3.61. The molecule has 1 saturated heterocycles. The van der Waals surface area contributed by atoms with Gasteiger partial charge in [0.25, 0.3) is 5.89 Å². The van der Waals surface area contributed by atoms with E-state index in [1.807, 2.05) is 31.2 Å². The Kier molecular flexibility index (Phi) is 3.97. The van der Waals surface area contributed by atoms with Gasteiger partial charge in [-0.25, -0.2) is 0 Å². The Balaban J connectivity index is 1.60. The van der Waals surface area contributed by atoms with Crippen LogP contribution >= 0.6 is 11.6 Å². The second-order valence-corrected chi connectivity index (χ2v) is 6.39. The summed E-state index contributed by atoms with van der Waals surface area (Å²) in [6.07, 6.45) is 1.99. The van der Waals surface area contributed by atoms with Gasteiger partial charge in [-0.1, -0.05) is 35.0 Å². The van der Waals surface area contributed by atoms with E-state index in [0.717, 1.165) is 11.3 Å². The molecule has 1 unspecified atom stereocenters. The number of nitrogens with zero attached hydrogens (tertiary/aromatic N) is 4. The molecule has 3 aromatic rings. The molecule has 0 N–H and O–H groups in total. The predicted molar refractivity (Wildman–Crippen MR) is 93.4 cm³/mol. The third kappa shape index (κ3) is 2.89. The van der Waals surface area contributed by atoms with Gasteiger partial charge in [0.2, 0.25) is 5.91 Å². The highest BCUT2D eigenvalue weighted by molar-refractivity contribution is 6.34. The molecule has 0 saturated carbocycles. The summed E-state index contributed by atoms with van der Waals surface area (Å²) in [6, 6.07) is 11.1. The maximum Gasteiger partial charge on any atom is 0.276 e. The standard InChI is InChI=1S/C18H15ClN4O2/c1-11-5-4-6-13(19)16(11)23-10-12(9-15(23)24)17-21-18(25-22-17)14-7-2-3-8-20-14/h2-8,12H,9-10H2,1H3. The van der Waals surface area contributed by atoms with Crippen LogP contribution in [0.1, 0.15) is 23.7 Å². The maximum atomic E-state index is 12.5. The molecule has 1 aromatic carbocycles. The number of carbonyl (C=O) groups is 1. The van der Waals surface area contributed by atoms with Crippen molar-refractivity contribution in [2.45, 2.75) is 19.3 Å². The first-order valence-corrected chi connectivity index (χ1v) is 8.32. The van der Waals surface area contributed by atoms with Crippen molar-refractivity contribution >= 4 is 23.2 Å². The summed E-state index contributed by atoms with van der Waals surface area (Å²) in [5.74, 6) is 0.742. The molecule has 0 radical (unpaired) electrons. The molecule has 7 heteroatoms. The van der Waals surface area contributed by atoms with E-state index in [2.05, 4.69) is 15.1 Å². The van der Waals surface area contributed by atoms with E-state index < -0.39 is 0 Å². The topological polar surface area (TPSA) is 72.1 Å². The summed E-state index contributed by atoms with van der Waals surface area (Å²) in [6.45, 7) is 2.42. The number of aryl methyl sites for hydroxylation is 1. The largest absolute Gasteiger partial charge is 0.332 e. The number of hydrogen-bond acceptors (Lipinski definition) is 5. The molecule has 1 amide bonds. The SMILES string of the molecule is Cc1cccc(Cl)c1N1CC(c2noc(-c3ccccn3)n2)CC1=O. The van der Waals surface area contributed by atoms with E-state index in [1.165, 1.54) is 0 Å². The summed E-state index contributed by atoms with van der Waals surface area (Å²) >= 11 is 6.30. The molecule has 6 nitrogen and oxygen atoms in total. The summed E-state index contributed by atoms with van der Waals surface area (Å²) in [5, 5.41) is 4.61. The molecule has 0 bridgehead atoms. The lowest BCUT2D eigenvalue weighted by molar-refractivity contribution is -0.117. The Morgan fingerprint density at radius 2 is 2.12 bits per heavy atom. The van der Waals surface area contributed by atoms with Crippen LogP contribution in [0.3, 0.4) is 0 Å². The van der Waals surface area contributed by atoms with Gasteiger partial charge in [-0.3, -0.25) is 9.78 Å². The fourth-order valence-corrected chi connectivity index (χ4v) is 3.38. The number of para-hydroxylation sites is 1. The van der Waals surface area contributed by atoms with E-state index in [0.29, 0.717) is 35.4 Å². The van der Waals surface area contributed by atoms with Gasteiger partial charge in [0, 0.05) is 25.1 Å². The van der Waals surface area contributed by atoms with Gasteiger partial charge in [0.05, 0.1) is 10.7 Å². The molecule has 1 atom stereocenters. The van der Waals surface area contributed by atoms with Gasteiger partial charge in [0.1, 0.15) is 5.69 Å². The normalized spacial score (nSPS) is 17.3. The van der Waals surface area contributed by atoms with Crippen molar-refractivity contribution in [3.8, 4) is 11.6 Å². The third-order valence-electron chi connectivity index (χ3n) is 4.27. The number of aromatic nitrogens is 3. The summed E-state index contributed by atoms with van der Waals surface area (Å²) in [4.78, 5) is 22.8. The number of amides is 1. The molecular weight excluding hydrogens is 340 g/mol. The fourth-order valence-electron chi connectivity index (χ4n) is 3.06. The van der Waals surface area contributed by atoms with Crippen LogP contribution in [-0.2, 0) is 4.79 Å². The summed E-state index contributed by atoms with van der Waals surface area (Å²) in [7, 11) is 0. The number of halogens is 1. The summed E-state index contributed by atoms with van der Waals surface area (Å²) in [5.41, 5.74) is 2.33. The quantitative estimate of drug-likeness (QED) is 0.718. The number of carbonyl (C=O) groups excluding carboxylic acids is 1. The average molecular weight is 355 g/mol. The lowest BCUT2D eigenvalue weighted by atomic mass is 10.1. The van der Waals surface area contributed by atoms with Crippen molar-refractivity contribution in [3.05, 3.63) is 59.0 Å². The first-order valence-electron chi connectivity index (χ1n) is 7.94. The van der Waals surface area contributed by atoms with Gasteiger partial charge in [-0.2, -0.15) is 4.98 Å². The average Bonchev–Trinajstić information content (AvgIpc) is 3.23. The van der Waals surface area contributed by atoms with E-state index in [-0.39, 0.29) is 11.8 Å². The van der Waals surface area contributed by atoms with Gasteiger partial charge in [-0.05, 0) is 30.7 Å². The Morgan fingerprint density at radius 3 is 2.88 bits per heavy atom. The van der Waals surface area contributed by atoms with Gasteiger partial charge in [-0.15, -0.1) is 0 Å². The highest BCUT2D eigenvalue weighted by Crippen LogP contribution is 2.36. The Morgan fingerprint density at radius 1 is 1.24 bits per heavy atom. The van der Waals surface area contributed by atoms with Crippen LogP contribution in [0.15, 0.2) is 47.1 Å². The van der Waals surface area contributed by atoms with E-state index in [4.69, 9.17) is 16.1 Å². The van der Waals surface area contributed by atoms with E-state index in [9.17, 15) is 4.79 Å². The Labute approximate surface area is 149 Å². The lowest BCUT2D eigenvalue weighted by Crippen LogP contribution is -2.25. The number of pyridine rings is 1. The van der Waals surface area contributed by atoms with Crippen LogP contribution in [-0.4, -0.2) is 27.6 Å². The van der Waals surface area contributed by atoms with E-state index in [1.54, 1.807) is 23.2 Å². The zero-order valence-corrected chi connectivity index (χ0v) is 14.3. The second kappa shape index (κ2) is 6.29. The first kappa shape index (κ1) is 15.8. The molecule has 3 heterocycles.